The fraction of sp³-hybridized carbons (Fsp3) is 1.00. The quantitative estimate of drug-likeness (QED) is 0.592. The van der Waals surface area contributed by atoms with Gasteiger partial charge in [-0.1, -0.05) is 47.0 Å². The van der Waals surface area contributed by atoms with Gasteiger partial charge in [0.15, 0.2) is 0 Å². The van der Waals surface area contributed by atoms with Crippen molar-refractivity contribution in [1.82, 2.24) is 0 Å². The Bertz CT molecular complexity index is 126. The average molecular weight is 168 g/mol. The van der Waals surface area contributed by atoms with Gasteiger partial charge >= 0.3 is 0 Å². The maximum atomic E-state index is 2.39. The molecule has 3 atom stereocenters. The van der Waals surface area contributed by atoms with Gasteiger partial charge in [-0.25, -0.2) is 0 Å². The summed E-state index contributed by atoms with van der Waals surface area (Å²) in [6, 6.07) is 0. The van der Waals surface area contributed by atoms with Crippen molar-refractivity contribution in [2.45, 2.75) is 53.4 Å². The van der Waals surface area contributed by atoms with Crippen LogP contribution in [-0.2, 0) is 0 Å². The highest BCUT2D eigenvalue weighted by Gasteiger charge is 2.39. The van der Waals surface area contributed by atoms with Crippen molar-refractivity contribution < 1.29 is 0 Å². The van der Waals surface area contributed by atoms with Gasteiger partial charge in [0.2, 0.25) is 0 Å². The lowest BCUT2D eigenvalue weighted by Gasteiger charge is -2.47. The summed E-state index contributed by atoms with van der Waals surface area (Å²) in [6.45, 7) is 9.45. The van der Waals surface area contributed by atoms with Crippen LogP contribution in [0.4, 0.5) is 0 Å². The van der Waals surface area contributed by atoms with Crippen LogP contribution in [0.2, 0.25) is 0 Å². The minimum atomic E-state index is 0.921. The molecule has 0 aliphatic heterocycles. The monoisotopic (exact) mass is 168 g/mol. The van der Waals surface area contributed by atoms with E-state index < -0.39 is 0 Å². The molecular weight excluding hydrogens is 144 g/mol. The van der Waals surface area contributed by atoms with E-state index in [0.29, 0.717) is 0 Å². The van der Waals surface area contributed by atoms with Crippen LogP contribution in [0.5, 0.6) is 0 Å². The molecule has 1 aliphatic carbocycles. The molecule has 3 unspecified atom stereocenters. The zero-order chi connectivity index (χ0) is 9.14. The zero-order valence-corrected chi connectivity index (χ0v) is 9.14. The molecule has 0 radical (unpaired) electrons. The summed E-state index contributed by atoms with van der Waals surface area (Å²) in [5.41, 5.74) is 0. The Hall–Kier alpha value is 0. The van der Waals surface area contributed by atoms with Gasteiger partial charge in [-0.15, -0.1) is 0 Å². The first-order valence-corrected chi connectivity index (χ1v) is 5.70. The Kier molecular flexibility index (Phi) is 3.61. The van der Waals surface area contributed by atoms with Crippen LogP contribution in [0.1, 0.15) is 53.4 Å². The van der Waals surface area contributed by atoms with Crippen LogP contribution >= 0.6 is 0 Å². The lowest BCUT2D eigenvalue weighted by molar-refractivity contribution is 0.0248. The van der Waals surface area contributed by atoms with Crippen molar-refractivity contribution in [3.63, 3.8) is 0 Å². The van der Waals surface area contributed by atoms with E-state index in [9.17, 15) is 0 Å². The number of hydrogen-bond donors (Lipinski definition) is 0. The Labute approximate surface area is 77.7 Å². The summed E-state index contributed by atoms with van der Waals surface area (Å²) in [5, 5.41) is 0. The van der Waals surface area contributed by atoms with Crippen molar-refractivity contribution in [2.75, 3.05) is 0 Å². The normalized spacial score (nSPS) is 35.2. The molecule has 0 saturated heterocycles. The highest BCUT2D eigenvalue weighted by atomic mass is 14.4. The first-order valence-electron chi connectivity index (χ1n) is 5.70. The Morgan fingerprint density at radius 2 is 1.92 bits per heavy atom. The second-order valence-corrected chi connectivity index (χ2v) is 4.76. The SMILES string of the molecule is CCCC1C(CC)CC1C(C)C. The molecule has 0 N–H and O–H groups in total. The van der Waals surface area contributed by atoms with Crippen LogP contribution < -0.4 is 0 Å². The summed E-state index contributed by atoms with van der Waals surface area (Å²) in [4.78, 5) is 0. The van der Waals surface area contributed by atoms with E-state index in [-0.39, 0.29) is 0 Å². The second-order valence-electron chi connectivity index (χ2n) is 4.76. The molecular formula is C12H24. The third kappa shape index (κ3) is 1.84. The van der Waals surface area contributed by atoms with Crippen molar-refractivity contribution in [3.8, 4) is 0 Å². The largest absolute Gasteiger partial charge is 0.0654 e. The van der Waals surface area contributed by atoms with Gasteiger partial charge in [0.05, 0.1) is 0 Å². The predicted octanol–water partition coefficient (Wildman–Crippen LogP) is 4.10. The van der Waals surface area contributed by atoms with Gasteiger partial charge in [-0.3, -0.25) is 0 Å². The molecule has 72 valence electrons. The molecule has 0 heteroatoms. The average Bonchev–Trinajstić information content (AvgIpc) is 1.98. The molecule has 0 aromatic rings. The topological polar surface area (TPSA) is 0 Å². The standard InChI is InChI=1S/C12H24/c1-5-7-11-10(6-2)8-12(11)9(3)4/h9-12H,5-8H2,1-4H3. The number of hydrogen-bond acceptors (Lipinski definition) is 0. The zero-order valence-electron chi connectivity index (χ0n) is 9.14. The van der Waals surface area contributed by atoms with E-state index in [2.05, 4.69) is 27.7 Å². The molecule has 1 rings (SSSR count). The Morgan fingerprint density at radius 3 is 2.33 bits per heavy atom. The fourth-order valence-corrected chi connectivity index (χ4v) is 2.87. The molecule has 0 spiro atoms. The molecule has 1 aliphatic rings. The first-order chi connectivity index (χ1) is 5.70. The lowest BCUT2D eigenvalue weighted by atomic mass is 9.58. The van der Waals surface area contributed by atoms with Crippen molar-refractivity contribution in [1.29, 1.82) is 0 Å². The van der Waals surface area contributed by atoms with Crippen LogP contribution in [0.25, 0.3) is 0 Å². The van der Waals surface area contributed by atoms with E-state index in [1.54, 1.807) is 0 Å². The fourth-order valence-electron chi connectivity index (χ4n) is 2.87. The van der Waals surface area contributed by atoms with E-state index >= 15 is 0 Å². The Morgan fingerprint density at radius 1 is 1.25 bits per heavy atom. The third-order valence-electron chi connectivity index (χ3n) is 3.73. The molecule has 0 aromatic heterocycles. The minimum absolute atomic E-state index is 0.921. The van der Waals surface area contributed by atoms with E-state index in [0.717, 1.165) is 23.7 Å². The van der Waals surface area contributed by atoms with Gasteiger partial charge < -0.3 is 0 Å². The maximum absolute atomic E-state index is 2.39. The summed E-state index contributed by atoms with van der Waals surface area (Å²) in [6.07, 6.45) is 5.78. The smallest absolute Gasteiger partial charge is 0.0355 e. The van der Waals surface area contributed by atoms with Crippen molar-refractivity contribution in [2.24, 2.45) is 23.7 Å². The predicted molar refractivity (Wildman–Crippen MR) is 55.1 cm³/mol. The van der Waals surface area contributed by atoms with Crippen LogP contribution in [0.3, 0.4) is 0 Å². The van der Waals surface area contributed by atoms with Crippen molar-refractivity contribution >= 4 is 0 Å². The first kappa shape index (κ1) is 10.1. The highest BCUT2D eigenvalue weighted by molar-refractivity contribution is 4.89. The van der Waals surface area contributed by atoms with Gasteiger partial charge in [0.1, 0.15) is 0 Å². The second kappa shape index (κ2) is 4.30. The summed E-state index contributed by atoms with van der Waals surface area (Å²) in [7, 11) is 0. The lowest BCUT2D eigenvalue weighted by Crippen LogP contribution is -2.39. The van der Waals surface area contributed by atoms with Gasteiger partial charge in [0.25, 0.3) is 0 Å². The molecule has 0 aromatic carbocycles. The van der Waals surface area contributed by atoms with Crippen LogP contribution in [-0.4, -0.2) is 0 Å². The van der Waals surface area contributed by atoms with Gasteiger partial charge in [0, 0.05) is 0 Å². The summed E-state index contributed by atoms with van der Waals surface area (Å²) < 4.78 is 0. The minimum Gasteiger partial charge on any atom is -0.0654 e. The molecule has 12 heavy (non-hydrogen) atoms. The number of rotatable bonds is 4. The van der Waals surface area contributed by atoms with E-state index in [1.807, 2.05) is 0 Å². The van der Waals surface area contributed by atoms with Gasteiger partial charge in [-0.2, -0.15) is 0 Å². The maximum Gasteiger partial charge on any atom is -0.0355 e. The molecule has 0 nitrogen and oxygen atoms in total. The molecule has 1 saturated carbocycles. The molecule has 0 amide bonds. The summed E-state index contributed by atoms with van der Waals surface area (Å²) >= 11 is 0. The molecule has 0 heterocycles. The molecule has 0 bridgehead atoms. The van der Waals surface area contributed by atoms with Crippen LogP contribution in [0.15, 0.2) is 0 Å². The summed E-state index contributed by atoms with van der Waals surface area (Å²) in [5.74, 6) is 4.11. The van der Waals surface area contributed by atoms with E-state index in [1.165, 1.54) is 25.7 Å². The van der Waals surface area contributed by atoms with Crippen molar-refractivity contribution in [3.05, 3.63) is 0 Å². The van der Waals surface area contributed by atoms with Gasteiger partial charge in [-0.05, 0) is 30.1 Å². The van der Waals surface area contributed by atoms with E-state index in [4.69, 9.17) is 0 Å². The highest BCUT2D eigenvalue weighted by Crippen LogP contribution is 2.48. The Balaban J connectivity index is 2.39. The third-order valence-corrected chi connectivity index (χ3v) is 3.73. The molecule has 1 fully saturated rings. The van der Waals surface area contributed by atoms with Crippen LogP contribution in [0, 0.1) is 23.7 Å².